The number of aromatic hydroxyl groups is 1. The van der Waals surface area contributed by atoms with E-state index >= 15 is 0 Å². The summed E-state index contributed by atoms with van der Waals surface area (Å²) in [6.07, 6.45) is 0.221. The topological polar surface area (TPSA) is 70.9 Å². The second-order valence-electron chi connectivity index (χ2n) is 7.23. The molecule has 0 aromatic heterocycles. The van der Waals surface area contributed by atoms with Crippen molar-refractivity contribution in [1.29, 1.82) is 0 Å². The number of rotatable bonds is 4. The molecule has 7 heteroatoms. The highest BCUT2D eigenvalue weighted by atomic mass is 79.9. The largest absolute Gasteiger partial charge is 0.508 e. The van der Waals surface area contributed by atoms with Gasteiger partial charge in [0.15, 0.2) is 0 Å². The van der Waals surface area contributed by atoms with E-state index in [0.29, 0.717) is 22.6 Å². The number of benzene rings is 3. The highest BCUT2D eigenvalue weighted by molar-refractivity contribution is 9.10. The Morgan fingerprint density at radius 2 is 1.94 bits per heavy atom. The predicted molar refractivity (Wildman–Crippen MR) is 125 cm³/mol. The predicted octanol–water partition coefficient (Wildman–Crippen LogP) is 5.82. The Labute approximate surface area is 193 Å². The van der Waals surface area contributed by atoms with Gasteiger partial charge in [0.05, 0.1) is 12.7 Å². The Kier molecular flexibility index (Phi) is 6.41. The van der Waals surface area contributed by atoms with Crippen LogP contribution in [0.4, 0.5) is 0 Å². The molecular weight excluding hydrogens is 480 g/mol. The highest BCUT2D eigenvalue weighted by Gasteiger charge is 2.28. The number of hydrogen-bond donors (Lipinski definition) is 2. The number of nitrogens with zero attached hydrogens (tertiary/aromatic N) is 1. The Hall–Kier alpha value is -2.67. The maximum absolute atomic E-state index is 11.8. The zero-order valence-corrected chi connectivity index (χ0v) is 19.0. The Balaban J connectivity index is 1.74. The number of ether oxygens (including phenoxy) is 1. The number of halogens is 2. The molecule has 5 nitrogen and oxygen atoms in total. The Bertz CT molecular complexity index is 1150. The summed E-state index contributed by atoms with van der Waals surface area (Å²) in [4.78, 5) is 16.7. The minimum absolute atomic E-state index is 0.178. The molecule has 3 aromatic rings. The molecular formula is C24H20BrClN2O3. The van der Waals surface area contributed by atoms with Gasteiger partial charge in [-0.3, -0.25) is 10.3 Å². The van der Waals surface area contributed by atoms with Gasteiger partial charge >= 0.3 is 5.97 Å². The molecule has 4 rings (SSSR count). The normalized spacial score (nSPS) is 18.4. The summed E-state index contributed by atoms with van der Waals surface area (Å²) >= 11 is 9.73. The van der Waals surface area contributed by atoms with E-state index in [1.807, 2.05) is 36.4 Å². The lowest BCUT2D eigenvalue weighted by Crippen LogP contribution is -2.33. The van der Waals surface area contributed by atoms with E-state index in [0.717, 1.165) is 21.3 Å². The number of methoxy groups -OCH3 is 1. The zero-order chi connectivity index (χ0) is 22.0. The zero-order valence-electron chi connectivity index (χ0n) is 16.7. The van der Waals surface area contributed by atoms with Gasteiger partial charge in [-0.15, -0.1) is 0 Å². The van der Waals surface area contributed by atoms with Crippen LogP contribution in [0.2, 0.25) is 5.02 Å². The van der Waals surface area contributed by atoms with Crippen LogP contribution in [0, 0.1) is 0 Å². The lowest BCUT2D eigenvalue weighted by Gasteiger charge is -2.31. The number of nitrogens with one attached hydrogen (secondary N) is 1. The number of hydrogen-bond acceptors (Lipinski definition) is 5. The smallest absolute Gasteiger partial charge is 0.337 e. The van der Waals surface area contributed by atoms with Gasteiger partial charge in [-0.25, -0.2) is 4.79 Å². The molecule has 158 valence electrons. The summed E-state index contributed by atoms with van der Waals surface area (Å²) in [5.41, 5.74) is 3.99. The molecule has 1 heterocycles. The van der Waals surface area contributed by atoms with E-state index in [-0.39, 0.29) is 23.9 Å². The van der Waals surface area contributed by atoms with Gasteiger partial charge in [-0.05, 0) is 53.6 Å². The quantitative estimate of drug-likeness (QED) is 0.444. The minimum atomic E-state index is -0.386. The van der Waals surface area contributed by atoms with E-state index in [9.17, 15) is 9.90 Å². The molecule has 0 saturated carbocycles. The number of aliphatic imine (C=N–C) groups is 1. The lowest BCUT2D eigenvalue weighted by molar-refractivity contribution is 0.0600. The van der Waals surface area contributed by atoms with Crippen LogP contribution in [0.3, 0.4) is 0 Å². The van der Waals surface area contributed by atoms with Crippen molar-refractivity contribution in [2.75, 3.05) is 7.11 Å². The van der Waals surface area contributed by atoms with Crippen LogP contribution in [0.1, 0.15) is 45.7 Å². The second kappa shape index (κ2) is 9.22. The summed E-state index contributed by atoms with van der Waals surface area (Å²) in [7, 11) is 1.36. The fraction of sp³-hybridized carbons (Fsp3) is 0.167. The van der Waals surface area contributed by atoms with E-state index in [2.05, 4.69) is 21.2 Å². The van der Waals surface area contributed by atoms with Gasteiger partial charge in [-0.1, -0.05) is 51.8 Å². The Morgan fingerprint density at radius 3 is 2.65 bits per heavy atom. The number of phenols is 1. The number of carbonyl (C=O) groups is 1. The molecule has 2 atom stereocenters. The molecule has 2 N–H and O–H groups in total. The van der Waals surface area contributed by atoms with Crippen molar-refractivity contribution >= 4 is 39.2 Å². The van der Waals surface area contributed by atoms with Gasteiger partial charge < -0.3 is 9.84 Å². The third-order valence-corrected chi connectivity index (χ3v) is 5.94. The third-order valence-electron chi connectivity index (χ3n) is 5.21. The fourth-order valence-electron chi connectivity index (χ4n) is 3.64. The molecule has 0 fully saturated rings. The average molecular weight is 500 g/mol. The summed E-state index contributed by atoms with van der Waals surface area (Å²) in [6.45, 7) is 0. The number of esters is 1. The van der Waals surface area contributed by atoms with Gasteiger partial charge in [0.2, 0.25) is 0 Å². The van der Waals surface area contributed by atoms with Crippen molar-refractivity contribution in [3.8, 4) is 5.75 Å². The SMILES string of the molecule is COC(=O)c1ccc([C@@H]2N=C(c3cccc(Br)c3)C[C@H](c3cc(Cl)ccc3O)N2)cc1. The van der Waals surface area contributed by atoms with Gasteiger partial charge in [0, 0.05) is 33.2 Å². The lowest BCUT2D eigenvalue weighted by atomic mass is 9.93. The van der Waals surface area contributed by atoms with Gasteiger partial charge in [0.1, 0.15) is 11.9 Å². The molecule has 0 amide bonds. The number of phenolic OH excluding ortho intramolecular Hbond substituents is 1. The molecule has 0 spiro atoms. The minimum Gasteiger partial charge on any atom is -0.508 e. The number of carbonyl (C=O) groups excluding carboxylic acids is 1. The summed E-state index contributed by atoms with van der Waals surface area (Å²) < 4.78 is 5.75. The van der Waals surface area contributed by atoms with Crippen molar-refractivity contribution < 1.29 is 14.6 Å². The van der Waals surface area contributed by atoms with Crippen LogP contribution in [-0.2, 0) is 4.74 Å². The fourth-order valence-corrected chi connectivity index (χ4v) is 4.22. The van der Waals surface area contributed by atoms with Crippen molar-refractivity contribution in [2.45, 2.75) is 18.6 Å². The summed E-state index contributed by atoms with van der Waals surface area (Å²) in [5.74, 6) is -0.208. The van der Waals surface area contributed by atoms with Crippen LogP contribution in [-0.4, -0.2) is 23.9 Å². The first-order valence-corrected chi connectivity index (χ1v) is 10.9. The molecule has 31 heavy (non-hydrogen) atoms. The molecule has 3 aromatic carbocycles. The molecule has 1 aliphatic rings. The second-order valence-corrected chi connectivity index (χ2v) is 8.58. The standard InChI is InChI=1S/C24H20BrClN2O3/c1-31-24(30)15-7-5-14(6-8-15)23-27-20(16-3-2-4-17(25)11-16)13-21(28-23)19-12-18(26)9-10-22(19)29/h2-12,21,23,28-29H,13H2,1H3/t21-,23-/m1/s1. The van der Waals surface area contributed by atoms with Crippen LogP contribution < -0.4 is 5.32 Å². The average Bonchev–Trinajstić information content (AvgIpc) is 2.80. The van der Waals surface area contributed by atoms with E-state index in [1.165, 1.54) is 7.11 Å². The maximum Gasteiger partial charge on any atom is 0.337 e. The molecule has 1 aliphatic heterocycles. The first kappa shape index (κ1) is 21.6. The molecule has 0 aliphatic carbocycles. The third kappa shape index (κ3) is 4.82. The molecule has 0 bridgehead atoms. The summed E-state index contributed by atoms with van der Waals surface area (Å²) in [6, 6.07) is 20.0. The van der Waals surface area contributed by atoms with E-state index in [4.69, 9.17) is 21.3 Å². The summed E-state index contributed by atoms with van der Waals surface area (Å²) in [5, 5.41) is 14.5. The maximum atomic E-state index is 11.8. The van der Waals surface area contributed by atoms with Crippen LogP contribution >= 0.6 is 27.5 Å². The van der Waals surface area contributed by atoms with Crippen molar-refractivity contribution in [1.82, 2.24) is 5.32 Å². The first-order chi connectivity index (χ1) is 14.9. The van der Waals surface area contributed by atoms with E-state index in [1.54, 1.807) is 30.3 Å². The van der Waals surface area contributed by atoms with Crippen LogP contribution in [0.15, 0.2) is 76.2 Å². The van der Waals surface area contributed by atoms with E-state index < -0.39 is 0 Å². The molecule has 0 radical (unpaired) electrons. The first-order valence-electron chi connectivity index (χ1n) is 9.70. The van der Waals surface area contributed by atoms with Crippen molar-refractivity contribution in [3.63, 3.8) is 0 Å². The van der Waals surface area contributed by atoms with Crippen LogP contribution in [0.5, 0.6) is 5.75 Å². The van der Waals surface area contributed by atoms with Crippen molar-refractivity contribution in [3.05, 3.63) is 98.5 Å². The van der Waals surface area contributed by atoms with Gasteiger partial charge in [0.25, 0.3) is 0 Å². The van der Waals surface area contributed by atoms with Crippen molar-refractivity contribution in [2.24, 2.45) is 4.99 Å². The van der Waals surface area contributed by atoms with Gasteiger partial charge in [-0.2, -0.15) is 0 Å². The molecule has 0 saturated heterocycles. The highest BCUT2D eigenvalue weighted by Crippen LogP contribution is 2.36. The Morgan fingerprint density at radius 1 is 1.16 bits per heavy atom. The van der Waals surface area contributed by atoms with Crippen LogP contribution in [0.25, 0.3) is 0 Å². The molecule has 0 unspecified atom stereocenters. The monoisotopic (exact) mass is 498 g/mol.